The minimum atomic E-state index is -0.994. The van der Waals surface area contributed by atoms with Crippen molar-refractivity contribution in [3.05, 3.63) is 52.6 Å². The summed E-state index contributed by atoms with van der Waals surface area (Å²) in [6.07, 6.45) is 0. The number of carboxylic acids is 1. The molecule has 0 heterocycles. The van der Waals surface area contributed by atoms with Crippen LogP contribution in [0.15, 0.2) is 30.3 Å². The Balaban J connectivity index is 2.57. The van der Waals surface area contributed by atoms with Gasteiger partial charge in [-0.3, -0.25) is 0 Å². The highest BCUT2D eigenvalue weighted by Crippen LogP contribution is 2.34. The summed E-state index contributed by atoms with van der Waals surface area (Å²) in [5.41, 5.74) is 4.38. The Hall–Kier alpha value is -2.37. The van der Waals surface area contributed by atoms with Crippen molar-refractivity contribution in [2.45, 2.75) is 20.5 Å². The van der Waals surface area contributed by atoms with E-state index in [-0.39, 0.29) is 19.0 Å². The van der Waals surface area contributed by atoms with Crippen molar-refractivity contribution in [2.24, 2.45) is 0 Å². The molecule has 0 fully saturated rings. The van der Waals surface area contributed by atoms with Gasteiger partial charge in [-0.2, -0.15) is 0 Å². The van der Waals surface area contributed by atoms with Crippen molar-refractivity contribution in [1.82, 2.24) is 0 Å². The third-order valence-corrected chi connectivity index (χ3v) is 3.65. The molecule has 0 aromatic heterocycles. The molecule has 5 heteroatoms. The molecule has 0 saturated heterocycles. The predicted octanol–water partition coefficient (Wildman–Crippen LogP) is 3.14. The molecule has 0 atom stereocenters. The number of aliphatic hydroxyl groups excluding tert-OH is 1. The van der Waals surface area contributed by atoms with Gasteiger partial charge in [-0.05, 0) is 65.9 Å². The zero-order valence-corrected chi connectivity index (χ0v) is 13.4. The molecule has 0 aliphatic heterocycles. The molecule has 0 saturated carbocycles. The van der Waals surface area contributed by atoms with E-state index in [0.29, 0.717) is 11.3 Å². The van der Waals surface area contributed by atoms with Gasteiger partial charge >= 0.3 is 5.97 Å². The third kappa shape index (κ3) is 3.70. The summed E-state index contributed by atoms with van der Waals surface area (Å²) < 4.78 is 10.4. The fraction of sp³-hybridized carbons (Fsp3) is 0.278. The smallest absolute Gasteiger partial charge is 0.335 e. The van der Waals surface area contributed by atoms with Crippen LogP contribution in [0.3, 0.4) is 0 Å². The fourth-order valence-corrected chi connectivity index (χ4v) is 2.64. The minimum absolute atomic E-state index is 0.157. The average Bonchev–Trinajstić information content (AvgIpc) is 2.52. The monoisotopic (exact) mass is 316 g/mol. The number of aliphatic hydroxyl groups is 1. The van der Waals surface area contributed by atoms with E-state index >= 15 is 0 Å². The molecule has 23 heavy (non-hydrogen) atoms. The molecule has 2 aromatic carbocycles. The largest absolute Gasteiger partial charge is 0.478 e. The number of carboxylic acid groups (broad SMARTS) is 1. The SMILES string of the molecule is COCOc1cc(C)c(-c2cc(C(=O)O)ccc2CO)c(C)c1. The van der Waals surface area contributed by atoms with Crippen molar-refractivity contribution >= 4 is 5.97 Å². The van der Waals surface area contributed by atoms with Gasteiger partial charge < -0.3 is 19.7 Å². The van der Waals surface area contributed by atoms with Gasteiger partial charge in [0.15, 0.2) is 6.79 Å². The molecule has 2 aromatic rings. The molecule has 0 amide bonds. The van der Waals surface area contributed by atoms with Crippen molar-refractivity contribution in [1.29, 1.82) is 0 Å². The van der Waals surface area contributed by atoms with Crippen LogP contribution in [0.25, 0.3) is 11.1 Å². The number of aryl methyl sites for hydroxylation is 2. The van der Waals surface area contributed by atoms with Crippen molar-refractivity contribution < 1.29 is 24.5 Å². The Bertz CT molecular complexity index is 698. The Morgan fingerprint density at radius 2 is 1.78 bits per heavy atom. The second-order valence-corrected chi connectivity index (χ2v) is 5.32. The quantitative estimate of drug-likeness (QED) is 0.801. The van der Waals surface area contributed by atoms with Crippen LogP contribution in [0.2, 0.25) is 0 Å². The number of ether oxygens (including phenoxy) is 2. The highest BCUT2D eigenvalue weighted by Gasteiger charge is 2.14. The van der Waals surface area contributed by atoms with Gasteiger partial charge in [-0.15, -0.1) is 0 Å². The lowest BCUT2D eigenvalue weighted by Gasteiger charge is -2.16. The Morgan fingerprint density at radius 1 is 1.13 bits per heavy atom. The van der Waals surface area contributed by atoms with Crippen LogP contribution >= 0.6 is 0 Å². The standard InChI is InChI=1S/C18H20O5/c1-11-6-15(23-10-22-3)7-12(2)17(11)16-8-13(18(20)21)4-5-14(16)9-19/h4-8,19H,9-10H2,1-3H3,(H,20,21). The fourth-order valence-electron chi connectivity index (χ4n) is 2.64. The lowest BCUT2D eigenvalue weighted by atomic mass is 9.91. The number of carbonyl (C=O) groups is 1. The van der Waals surface area contributed by atoms with Gasteiger partial charge in [0, 0.05) is 7.11 Å². The van der Waals surface area contributed by atoms with E-state index in [1.807, 2.05) is 26.0 Å². The molecule has 2 rings (SSSR count). The average molecular weight is 316 g/mol. The van der Waals surface area contributed by atoms with Gasteiger partial charge in [-0.1, -0.05) is 6.07 Å². The molecule has 122 valence electrons. The first-order valence-electron chi connectivity index (χ1n) is 7.18. The number of hydrogen-bond acceptors (Lipinski definition) is 4. The van der Waals surface area contributed by atoms with Crippen LogP contribution in [-0.4, -0.2) is 30.1 Å². The molecular weight excluding hydrogens is 296 g/mol. The lowest BCUT2D eigenvalue weighted by molar-refractivity contribution is 0.0510. The molecule has 0 radical (unpaired) electrons. The summed E-state index contributed by atoms with van der Waals surface area (Å²) in [5, 5.41) is 18.8. The van der Waals surface area contributed by atoms with E-state index in [0.717, 1.165) is 22.3 Å². The van der Waals surface area contributed by atoms with Crippen molar-refractivity contribution in [2.75, 3.05) is 13.9 Å². The normalized spacial score (nSPS) is 10.6. The van der Waals surface area contributed by atoms with E-state index in [4.69, 9.17) is 9.47 Å². The van der Waals surface area contributed by atoms with Gasteiger partial charge in [0.1, 0.15) is 5.75 Å². The van der Waals surface area contributed by atoms with E-state index in [1.165, 1.54) is 6.07 Å². The topological polar surface area (TPSA) is 76.0 Å². The zero-order chi connectivity index (χ0) is 17.0. The van der Waals surface area contributed by atoms with Crippen LogP contribution < -0.4 is 4.74 Å². The highest BCUT2D eigenvalue weighted by atomic mass is 16.7. The van der Waals surface area contributed by atoms with Crippen LogP contribution in [0.1, 0.15) is 27.0 Å². The van der Waals surface area contributed by atoms with Gasteiger partial charge in [0.25, 0.3) is 0 Å². The van der Waals surface area contributed by atoms with Crippen LogP contribution in [0.4, 0.5) is 0 Å². The molecule has 0 aliphatic rings. The molecule has 0 aliphatic carbocycles. The van der Waals surface area contributed by atoms with E-state index in [9.17, 15) is 15.0 Å². The van der Waals surface area contributed by atoms with Crippen LogP contribution in [0, 0.1) is 13.8 Å². The lowest BCUT2D eigenvalue weighted by Crippen LogP contribution is -2.02. The van der Waals surface area contributed by atoms with Crippen LogP contribution in [0.5, 0.6) is 5.75 Å². The summed E-state index contributed by atoms with van der Waals surface area (Å²) in [5.74, 6) is -0.309. The molecule has 2 N–H and O–H groups in total. The Morgan fingerprint density at radius 3 is 2.30 bits per heavy atom. The second kappa shape index (κ2) is 7.26. The number of aromatic carboxylic acids is 1. The number of rotatable bonds is 6. The number of methoxy groups -OCH3 is 1. The van der Waals surface area contributed by atoms with E-state index in [2.05, 4.69) is 0 Å². The molecule has 0 spiro atoms. The van der Waals surface area contributed by atoms with Crippen molar-refractivity contribution in [3.8, 4) is 16.9 Å². The first kappa shape index (κ1) is 17.0. The maximum atomic E-state index is 11.2. The highest BCUT2D eigenvalue weighted by molar-refractivity contribution is 5.90. The number of benzene rings is 2. The Labute approximate surface area is 135 Å². The summed E-state index contributed by atoms with van der Waals surface area (Å²) in [7, 11) is 1.55. The first-order valence-corrected chi connectivity index (χ1v) is 7.18. The molecule has 5 nitrogen and oxygen atoms in total. The third-order valence-electron chi connectivity index (χ3n) is 3.65. The summed E-state index contributed by atoms with van der Waals surface area (Å²) in [4.78, 5) is 11.2. The van der Waals surface area contributed by atoms with Gasteiger partial charge in [-0.25, -0.2) is 4.79 Å². The Kier molecular flexibility index (Phi) is 5.36. The summed E-state index contributed by atoms with van der Waals surface area (Å²) in [6, 6.07) is 8.48. The maximum absolute atomic E-state index is 11.2. The number of hydrogen-bond donors (Lipinski definition) is 2. The second-order valence-electron chi connectivity index (χ2n) is 5.32. The summed E-state index contributed by atoms with van der Waals surface area (Å²) >= 11 is 0. The summed E-state index contributed by atoms with van der Waals surface area (Å²) in [6.45, 7) is 3.86. The van der Waals surface area contributed by atoms with E-state index < -0.39 is 5.97 Å². The predicted molar refractivity (Wildman–Crippen MR) is 86.7 cm³/mol. The van der Waals surface area contributed by atoms with Crippen molar-refractivity contribution in [3.63, 3.8) is 0 Å². The zero-order valence-electron chi connectivity index (χ0n) is 13.4. The minimum Gasteiger partial charge on any atom is -0.478 e. The maximum Gasteiger partial charge on any atom is 0.335 e. The van der Waals surface area contributed by atoms with E-state index in [1.54, 1.807) is 19.2 Å². The molecule has 0 unspecified atom stereocenters. The molecular formula is C18H20O5. The van der Waals surface area contributed by atoms with Crippen LogP contribution in [-0.2, 0) is 11.3 Å². The van der Waals surface area contributed by atoms with Gasteiger partial charge in [0.05, 0.1) is 12.2 Å². The first-order chi connectivity index (χ1) is 11.0. The van der Waals surface area contributed by atoms with Gasteiger partial charge in [0.2, 0.25) is 0 Å². The molecule has 0 bridgehead atoms.